The molecule has 0 aliphatic heterocycles. The smallest absolute Gasteiger partial charge is 0.311 e. The molecule has 0 aliphatic rings. The number of carbonyl (C=O) groups is 4. The van der Waals surface area contributed by atoms with Crippen molar-refractivity contribution >= 4 is 35.7 Å². The summed E-state index contributed by atoms with van der Waals surface area (Å²) in [6, 6.07) is 9.85. The van der Waals surface area contributed by atoms with E-state index in [2.05, 4.69) is 135 Å². The number of carbonyl (C=O) groups excluding carboxylic acids is 4. The van der Waals surface area contributed by atoms with Crippen molar-refractivity contribution < 1.29 is 38.5 Å². The summed E-state index contributed by atoms with van der Waals surface area (Å²) in [5.41, 5.74) is 1.64. The topological polar surface area (TPSA) is 116 Å². The zero-order valence-corrected chi connectivity index (χ0v) is 41.4. The van der Waals surface area contributed by atoms with Gasteiger partial charge in [-0.15, -0.1) is 0 Å². The summed E-state index contributed by atoms with van der Waals surface area (Å²) in [5, 5.41) is 9.94. The lowest BCUT2D eigenvalue weighted by Gasteiger charge is -2.10. The van der Waals surface area contributed by atoms with Crippen LogP contribution in [0.5, 0.6) is 17.2 Å². The van der Waals surface area contributed by atoms with Crippen LogP contribution in [-0.2, 0) is 25.8 Å². The van der Waals surface area contributed by atoms with Gasteiger partial charge in [0.05, 0.1) is 20.1 Å². The maximum Gasteiger partial charge on any atom is 0.311 e. The van der Waals surface area contributed by atoms with Gasteiger partial charge in [0.25, 0.3) is 0 Å². The molecule has 8 nitrogen and oxygen atoms in total. The normalized spacial score (nSPS) is 12.6. The van der Waals surface area contributed by atoms with E-state index in [9.17, 15) is 24.3 Å². The number of unbranched alkanes of at least 4 members (excludes halogenated alkanes) is 2. The summed E-state index contributed by atoms with van der Waals surface area (Å²) in [6.07, 6.45) is 61.2. The van der Waals surface area contributed by atoms with Crippen molar-refractivity contribution in [3.63, 3.8) is 0 Å². The second kappa shape index (κ2) is 40.4. The van der Waals surface area contributed by atoms with E-state index in [0.29, 0.717) is 35.3 Å². The van der Waals surface area contributed by atoms with Crippen LogP contribution in [0.2, 0.25) is 0 Å². The number of hydrogen-bond donors (Lipinski definition) is 1. The lowest BCUT2D eigenvalue weighted by atomic mass is 10.1. The molecular formula is C61H76O8. The molecule has 0 aliphatic carbocycles. The number of ether oxygens (including phenoxy) is 3. The number of rotatable bonds is 36. The molecule has 2 aromatic carbocycles. The van der Waals surface area contributed by atoms with Gasteiger partial charge in [-0.2, -0.15) is 0 Å². The van der Waals surface area contributed by atoms with E-state index in [1.54, 1.807) is 48.6 Å². The van der Waals surface area contributed by atoms with E-state index < -0.39 is 11.6 Å². The fourth-order valence-electron chi connectivity index (χ4n) is 6.28. The van der Waals surface area contributed by atoms with Crippen LogP contribution in [-0.4, -0.2) is 35.7 Å². The number of aliphatic hydroxyl groups excluding tert-OH is 1. The molecule has 0 atom stereocenters. The minimum atomic E-state index is -0.403. The first-order valence-electron chi connectivity index (χ1n) is 24.5. The molecule has 2 rings (SSSR count). The molecule has 0 fully saturated rings. The number of esters is 2. The molecule has 0 bridgehead atoms. The van der Waals surface area contributed by atoms with Crippen molar-refractivity contribution in [3.05, 3.63) is 187 Å². The summed E-state index contributed by atoms with van der Waals surface area (Å²) in [6.45, 7) is 3.91. The quantitative estimate of drug-likeness (QED) is 0.0179. The zero-order chi connectivity index (χ0) is 49.8. The Balaban J connectivity index is 1.69. The van der Waals surface area contributed by atoms with Gasteiger partial charge in [-0.1, -0.05) is 160 Å². The van der Waals surface area contributed by atoms with Crippen LogP contribution in [0.25, 0.3) is 12.2 Å². The highest BCUT2D eigenvalue weighted by Gasteiger charge is 2.12. The summed E-state index contributed by atoms with van der Waals surface area (Å²) in [7, 11) is 1.47. The Morgan fingerprint density at radius 1 is 0.464 bits per heavy atom. The molecule has 0 saturated carbocycles. The third kappa shape index (κ3) is 31.1. The van der Waals surface area contributed by atoms with E-state index in [4.69, 9.17) is 14.2 Å². The first kappa shape index (κ1) is 58.5. The van der Waals surface area contributed by atoms with Gasteiger partial charge >= 0.3 is 11.9 Å². The number of aliphatic hydroxyl groups is 1. The third-order valence-electron chi connectivity index (χ3n) is 9.98. The Kier molecular flexibility index (Phi) is 34.3. The lowest BCUT2D eigenvalue weighted by Crippen LogP contribution is -2.09. The number of benzene rings is 2. The van der Waals surface area contributed by atoms with E-state index in [1.165, 1.54) is 19.3 Å². The van der Waals surface area contributed by atoms with Crippen molar-refractivity contribution in [3.8, 4) is 17.2 Å². The van der Waals surface area contributed by atoms with Crippen LogP contribution < -0.4 is 14.2 Å². The highest BCUT2D eigenvalue weighted by Crippen LogP contribution is 2.29. The molecular weight excluding hydrogens is 861 g/mol. The highest BCUT2D eigenvalue weighted by molar-refractivity contribution is 6.10. The predicted molar refractivity (Wildman–Crippen MR) is 286 cm³/mol. The van der Waals surface area contributed by atoms with Crippen molar-refractivity contribution in [2.45, 2.75) is 130 Å². The number of ketones is 2. The second-order valence-corrected chi connectivity index (χ2v) is 15.9. The van der Waals surface area contributed by atoms with Gasteiger partial charge in [-0.3, -0.25) is 19.2 Å². The second-order valence-electron chi connectivity index (χ2n) is 15.9. The van der Waals surface area contributed by atoms with Crippen molar-refractivity contribution in [1.29, 1.82) is 0 Å². The molecule has 0 spiro atoms. The molecule has 0 saturated heterocycles. The Labute approximate surface area is 413 Å². The van der Waals surface area contributed by atoms with Crippen LogP contribution in [0, 0.1) is 0 Å². The molecule has 8 heteroatoms. The minimum Gasteiger partial charge on any atom is -0.493 e. The van der Waals surface area contributed by atoms with E-state index in [1.807, 2.05) is 0 Å². The van der Waals surface area contributed by atoms with Gasteiger partial charge in [0.2, 0.25) is 0 Å². The SMILES string of the molecule is CCC=CCC=CCC=CCC=CCC=CCCCC(=O)Oc1ccc(C=CC(=O)CC(=O)C=Cc2ccc(OC(=O)CCCC=CCC=CCC=CCC=CCC=CCC)c(OC)c2)cc1CO. The Hall–Kier alpha value is -6.64. The van der Waals surface area contributed by atoms with E-state index in [0.717, 1.165) is 77.0 Å². The molecule has 2 aromatic rings. The predicted octanol–water partition coefficient (Wildman–Crippen LogP) is 15.1. The van der Waals surface area contributed by atoms with Crippen LogP contribution in [0.3, 0.4) is 0 Å². The molecule has 0 aromatic heterocycles. The summed E-state index contributed by atoms with van der Waals surface area (Å²) in [4.78, 5) is 50.3. The minimum absolute atomic E-state index is 0.236. The van der Waals surface area contributed by atoms with Crippen LogP contribution >= 0.6 is 0 Å². The molecule has 0 unspecified atom stereocenters. The lowest BCUT2D eigenvalue weighted by molar-refractivity contribution is -0.135. The summed E-state index contributed by atoms with van der Waals surface area (Å²) >= 11 is 0. The maximum atomic E-state index is 12.6. The summed E-state index contributed by atoms with van der Waals surface area (Å²) in [5.74, 6) is -0.668. The first-order chi connectivity index (χ1) is 33.8. The van der Waals surface area contributed by atoms with Crippen molar-refractivity contribution in [2.75, 3.05) is 7.11 Å². The van der Waals surface area contributed by atoms with Crippen LogP contribution in [0.4, 0.5) is 0 Å². The number of allylic oxidation sites excluding steroid dienone is 22. The van der Waals surface area contributed by atoms with Gasteiger partial charge in [-0.05, 0) is 137 Å². The zero-order valence-electron chi connectivity index (χ0n) is 41.4. The fourth-order valence-corrected chi connectivity index (χ4v) is 6.28. The standard InChI is InChI=1S/C61H76O8/c1-4-6-8-10-12-14-16-18-20-22-24-26-28-30-32-34-36-38-60(65)68-57-46-42-52(48-54(57)51-62)40-44-55(63)50-56(64)45-41-53-43-47-58(59(49-53)67-3)69-61(66)39-37-35-33-31-29-27-25-23-21-19-17-15-13-11-9-7-5-2/h6-9,12-15,18-21,24-27,30-33,40-49,62H,4-5,10-11,16-17,22-23,28-29,34-39,50-51H2,1-3H3. The van der Waals surface area contributed by atoms with E-state index >= 15 is 0 Å². The molecule has 0 amide bonds. The number of methoxy groups -OCH3 is 1. The monoisotopic (exact) mass is 937 g/mol. The van der Waals surface area contributed by atoms with E-state index in [-0.39, 0.29) is 49.3 Å². The van der Waals surface area contributed by atoms with Crippen LogP contribution in [0.1, 0.15) is 140 Å². The van der Waals surface area contributed by atoms with Crippen molar-refractivity contribution in [2.24, 2.45) is 0 Å². The average molecular weight is 937 g/mol. The van der Waals surface area contributed by atoms with Gasteiger partial charge in [-0.25, -0.2) is 0 Å². The Morgan fingerprint density at radius 2 is 0.826 bits per heavy atom. The first-order valence-corrected chi connectivity index (χ1v) is 24.5. The molecule has 1 N–H and O–H groups in total. The molecule has 0 radical (unpaired) electrons. The average Bonchev–Trinajstić information content (AvgIpc) is 3.35. The van der Waals surface area contributed by atoms with Gasteiger partial charge in [0.15, 0.2) is 23.1 Å². The number of hydrogen-bond acceptors (Lipinski definition) is 8. The molecule has 368 valence electrons. The summed E-state index contributed by atoms with van der Waals surface area (Å²) < 4.78 is 16.5. The molecule has 69 heavy (non-hydrogen) atoms. The molecule has 0 heterocycles. The van der Waals surface area contributed by atoms with Gasteiger partial charge in [0, 0.05) is 18.4 Å². The highest BCUT2D eigenvalue weighted by atomic mass is 16.6. The van der Waals surface area contributed by atoms with Crippen molar-refractivity contribution in [1.82, 2.24) is 0 Å². The largest absolute Gasteiger partial charge is 0.493 e. The Bertz CT molecular complexity index is 2030. The Morgan fingerprint density at radius 3 is 1.22 bits per heavy atom. The maximum absolute atomic E-state index is 12.6. The van der Waals surface area contributed by atoms with Gasteiger partial charge in [0.1, 0.15) is 5.75 Å². The third-order valence-corrected chi connectivity index (χ3v) is 9.98. The fraction of sp³-hybridized carbons (Fsp3) is 0.344. The van der Waals surface area contributed by atoms with Gasteiger partial charge < -0.3 is 19.3 Å². The van der Waals surface area contributed by atoms with Crippen LogP contribution in [0.15, 0.2) is 170 Å².